The smallest absolute Gasteiger partial charge is 0.335 e. The van der Waals surface area contributed by atoms with Crippen LogP contribution in [0, 0.1) is 5.92 Å². The molecule has 1 aliphatic heterocycles. The van der Waals surface area contributed by atoms with Crippen LogP contribution in [0.15, 0.2) is 35.1 Å². The predicted molar refractivity (Wildman–Crippen MR) is 116 cm³/mol. The number of nitrogens with zero attached hydrogens (tertiary/aromatic N) is 2. The van der Waals surface area contributed by atoms with Gasteiger partial charge in [0.05, 0.1) is 16.3 Å². The number of carboxylic acid groups (broad SMARTS) is 1. The van der Waals surface area contributed by atoms with Crippen LogP contribution in [0.1, 0.15) is 48.3 Å². The Labute approximate surface area is 180 Å². The van der Waals surface area contributed by atoms with Crippen LogP contribution >= 0.6 is 23.2 Å². The lowest BCUT2D eigenvalue weighted by atomic mass is 10.0. The van der Waals surface area contributed by atoms with Crippen LogP contribution in [0.4, 0.5) is 0 Å². The van der Waals surface area contributed by atoms with Gasteiger partial charge in [0, 0.05) is 19.1 Å². The van der Waals surface area contributed by atoms with Crippen molar-refractivity contribution in [1.29, 1.82) is 0 Å². The number of aryl methyl sites for hydroxylation is 1. The second kappa shape index (κ2) is 9.33. The molecule has 0 spiro atoms. The molecule has 1 aromatic heterocycles. The minimum absolute atomic E-state index is 0.113. The average Bonchev–Trinajstić information content (AvgIpc) is 3.14. The second-order valence-corrected chi connectivity index (χ2v) is 8.73. The van der Waals surface area contributed by atoms with Crippen LogP contribution in [-0.2, 0) is 19.5 Å². The standard InChI is InChI=1S/C22H26Cl2N2O3/c1-14(2)19-4-3-10-25(19)13-20-17(23)12-18(24)21(27)26(20)11-9-15-5-7-16(8-6-15)22(28)29/h5-8,12,14,19H,3-4,9-11,13H2,1-2H3,(H,28,29)/t19-/m0/s1. The first-order valence-electron chi connectivity index (χ1n) is 9.92. The number of hydrogen-bond acceptors (Lipinski definition) is 3. The van der Waals surface area contributed by atoms with E-state index >= 15 is 0 Å². The van der Waals surface area contributed by atoms with Crippen LogP contribution in [0.25, 0.3) is 0 Å². The fourth-order valence-corrected chi connectivity index (χ4v) is 4.62. The van der Waals surface area contributed by atoms with Crippen LogP contribution in [-0.4, -0.2) is 33.1 Å². The molecule has 0 amide bonds. The van der Waals surface area contributed by atoms with Crippen molar-refractivity contribution in [1.82, 2.24) is 9.47 Å². The van der Waals surface area contributed by atoms with Gasteiger partial charge in [0.15, 0.2) is 0 Å². The zero-order valence-corrected chi connectivity index (χ0v) is 18.2. The fourth-order valence-electron chi connectivity index (χ4n) is 4.08. The highest BCUT2D eigenvalue weighted by molar-refractivity contribution is 6.34. The Balaban J connectivity index is 1.85. The van der Waals surface area contributed by atoms with E-state index < -0.39 is 5.97 Å². The molecule has 2 heterocycles. The molecule has 5 nitrogen and oxygen atoms in total. The molecule has 7 heteroatoms. The maximum atomic E-state index is 12.8. The number of carboxylic acids is 1. The highest BCUT2D eigenvalue weighted by Gasteiger charge is 2.28. The van der Waals surface area contributed by atoms with Gasteiger partial charge in [-0.2, -0.15) is 0 Å². The summed E-state index contributed by atoms with van der Waals surface area (Å²) in [5.41, 5.74) is 1.74. The van der Waals surface area contributed by atoms with Crippen molar-refractivity contribution in [2.24, 2.45) is 5.92 Å². The maximum Gasteiger partial charge on any atom is 0.335 e. The summed E-state index contributed by atoms with van der Waals surface area (Å²) in [5, 5.41) is 9.65. The maximum absolute atomic E-state index is 12.8. The summed E-state index contributed by atoms with van der Waals surface area (Å²) in [6, 6.07) is 8.71. The summed E-state index contributed by atoms with van der Waals surface area (Å²) in [6.45, 7) is 6.49. The summed E-state index contributed by atoms with van der Waals surface area (Å²) in [4.78, 5) is 26.2. The molecule has 1 N–H and O–H groups in total. The quantitative estimate of drug-likeness (QED) is 0.681. The van der Waals surface area contributed by atoms with Crippen LogP contribution < -0.4 is 5.56 Å². The molecule has 0 unspecified atom stereocenters. The first-order valence-corrected chi connectivity index (χ1v) is 10.7. The Bertz CT molecular complexity index is 938. The van der Waals surface area contributed by atoms with Crippen molar-refractivity contribution in [2.75, 3.05) is 6.54 Å². The highest BCUT2D eigenvalue weighted by atomic mass is 35.5. The van der Waals surface area contributed by atoms with Crippen molar-refractivity contribution < 1.29 is 9.90 Å². The Kier molecular flexibility index (Phi) is 7.04. The molecule has 1 saturated heterocycles. The molecule has 0 radical (unpaired) electrons. The second-order valence-electron chi connectivity index (χ2n) is 7.92. The van der Waals surface area contributed by atoms with E-state index in [4.69, 9.17) is 28.3 Å². The highest BCUT2D eigenvalue weighted by Crippen LogP contribution is 2.28. The molecule has 0 aliphatic carbocycles. The molecule has 2 aromatic rings. The number of likely N-dealkylation sites (tertiary alicyclic amines) is 1. The van der Waals surface area contributed by atoms with Crippen molar-refractivity contribution in [3.63, 3.8) is 0 Å². The van der Waals surface area contributed by atoms with Gasteiger partial charge in [0.25, 0.3) is 5.56 Å². The summed E-state index contributed by atoms with van der Waals surface area (Å²) in [7, 11) is 0. The van der Waals surface area contributed by atoms with E-state index in [0.717, 1.165) is 30.6 Å². The molecule has 0 saturated carbocycles. The molecule has 3 rings (SSSR count). The van der Waals surface area contributed by atoms with E-state index in [2.05, 4.69) is 18.7 Å². The van der Waals surface area contributed by atoms with Crippen LogP contribution in [0.3, 0.4) is 0 Å². The van der Waals surface area contributed by atoms with Crippen molar-refractivity contribution in [3.8, 4) is 0 Å². The number of hydrogen-bond donors (Lipinski definition) is 1. The van der Waals surface area contributed by atoms with Gasteiger partial charge < -0.3 is 9.67 Å². The Hall–Kier alpha value is -1.82. The predicted octanol–water partition coefficient (Wildman–Crippen LogP) is 4.72. The van der Waals surface area contributed by atoms with Crippen molar-refractivity contribution >= 4 is 29.2 Å². The molecule has 29 heavy (non-hydrogen) atoms. The summed E-state index contributed by atoms with van der Waals surface area (Å²) in [5.74, 6) is -0.418. The molecule has 1 fully saturated rings. The number of benzene rings is 1. The van der Waals surface area contributed by atoms with E-state index in [1.165, 1.54) is 0 Å². The Morgan fingerprint density at radius 1 is 1.21 bits per heavy atom. The van der Waals surface area contributed by atoms with E-state index in [1.807, 2.05) is 0 Å². The van der Waals surface area contributed by atoms with Gasteiger partial charge in [-0.05, 0) is 55.5 Å². The molecule has 1 atom stereocenters. The van der Waals surface area contributed by atoms with Crippen LogP contribution in [0.2, 0.25) is 10.0 Å². The zero-order chi connectivity index (χ0) is 21.1. The first kappa shape index (κ1) is 21.9. The number of halogens is 2. The fraction of sp³-hybridized carbons (Fsp3) is 0.455. The molecule has 1 aromatic carbocycles. The molecular formula is C22H26Cl2N2O3. The lowest BCUT2D eigenvalue weighted by Crippen LogP contribution is -2.36. The van der Waals surface area contributed by atoms with Gasteiger partial charge in [-0.1, -0.05) is 49.2 Å². The number of aromatic nitrogens is 1. The lowest BCUT2D eigenvalue weighted by Gasteiger charge is -2.29. The Morgan fingerprint density at radius 3 is 2.52 bits per heavy atom. The normalized spacial score (nSPS) is 17.2. The van der Waals surface area contributed by atoms with Crippen molar-refractivity contribution in [2.45, 2.75) is 52.2 Å². The molecule has 0 bridgehead atoms. The molecule has 1 aliphatic rings. The largest absolute Gasteiger partial charge is 0.478 e. The zero-order valence-electron chi connectivity index (χ0n) is 16.7. The lowest BCUT2D eigenvalue weighted by molar-refractivity contribution is 0.0697. The summed E-state index contributed by atoms with van der Waals surface area (Å²) < 4.78 is 1.67. The monoisotopic (exact) mass is 436 g/mol. The minimum Gasteiger partial charge on any atom is -0.478 e. The van der Waals surface area contributed by atoms with Gasteiger partial charge in [0.1, 0.15) is 5.02 Å². The number of rotatable bonds is 7. The molecular weight excluding hydrogens is 411 g/mol. The third-order valence-corrected chi connectivity index (χ3v) is 6.26. The number of aromatic carboxylic acids is 1. The van der Waals surface area contributed by atoms with Gasteiger partial charge in [-0.25, -0.2) is 4.79 Å². The SMILES string of the molecule is CC(C)[C@@H]1CCCN1Cc1c(Cl)cc(Cl)c(=O)n1CCc1ccc(C(=O)O)cc1. The third kappa shape index (κ3) is 5.03. The van der Waals surface area contributed by atoms with Gasteiger partial charge >= 0.3 is 5.97 Å². The van der Waals surface area contributed by atoms with E-state index in [-0.39, 0.29) is 16.1 Å². The van der Waals surface area contributed by atoms with E-state index in [9.17, 15) is 9.59 Å². The topological polar surface area (TPSA) is 62.5 Å². The van der Waals surface area contributed by atoms with Crippen LogP contribution in [0.5, 0.6) is 0 Å². The van der Waals surface area contributed by atoms with Gasteiger partial charge in [-0.15, -0.1) is 0 Å². The van der Waals surface area contributed by atoms with Crippen molar-refractivity contribution in [3.05, 3.63) is 67.6 Å². The Morgan fingerprint density at radius 2 is 1.90 bits per heavy atom. The molecule has 156 valence electrons. The minimum atomic E-state index is -0.956. The van der Waals surface area contributed by atoms with Gasteiger partial charge in [-0.3, -0.25) is 9.69 Å². The van der Waals surface area contributed by atoms with E-state index in [1.54, 1.807) is 34.9 Å². The van der Waals surface area contributed by atoms with E-state index in [0.29, 0.717) is 36.5 Å². The third-order valence-electron chi connectivity index (χ3n) is 5.67. The number of pyridine rings is 1. The summed E-state index contributed by atoms with van der Waals surface area (Å²) in [6.07, 6.45) is 2.88. The average molecular weight is 437 g/mol. The first-order chi connectivity index (χ1) is 13.8. The number of carbonyl (C=O) groups is 1. The summed E-state index contributed by atoms with van der Waals surface area (Å²) >= 11 is 12.6. The van der Waals surface area contributed by atoms with Gasteiger partial charge in [0.2, 0.25) is 0 Å².